The molecule has 0 radical (unpaired) electrons. The Kier molecular flexibility index (Phi) is 5.03. The number of hydrogen-bond acceptors (Lipinski definition) is 6. The van der Waals surface area contributed by atoms with Crippen molar-refractivity contribution in [3.05, 3.63) is 63.5 Å². The minimum Gasteiger partial charge on any atom is -0.508 e. The number of fused-ring (bicyclic) bond motifs is 1. The Hall–Kier alpha value is -3.48. The number of methoxy groups -OCH3 is 1. The number of nitrogens with one attached hydrogen (secondary N) is 1. The highest BCUT2D eigenvalue weighted by Crippen LogP contribution is 2.32. The van der Waals surface area contributed by atoms with Gasteiger partial charge in [-0.1, -0.05) is 12.1 Å². The quantitative estimate of drug-likeness (QED) is 0.596. The molecule has 1 amide bonds. The Morgan fingerprint density at radius 2 is 2.00 bits per heavy atom. The molecule has 7 nitrogen and oxygen atoms in total. The molecule has 0 aliphatic carbocycles. The first-order valence-electron chi connectivity index (χ1n) is 8.27. The molecule has 0 fully saturated rings. The molecule has 0 aliphatic heterocycles. The highest BCUT2D eigenvalue weighted by molar-refractivity contribution is 5.89. The summed E-state index contributed by atoms with van der Waals surface area (Å²) in [6, 6.07) is 9.68. The van der Waals surface area contributed by atoms with Crippen LogP contribution in [0.1, 0.15) is 16.7 Å². The molecule has 7 heteroatoms. The van der Waals surface area contributed by atoms with E-state index in [1.807, 2.05) is 12.1 Å². The van der Waals surface area contributed by atoms with E-state index in [4.69, 9.17) is 9.15 Å². The van der Waals surface area contributed by atoms with Gasteiger partial charge in [-0.2, -0.15) is 0 Å². The van der Waals surface area contributed by atoms with Crippen LogP contribution in [0.15, 0.2) is 45.6 Å². The summed E-state index contributed by atoms with van der Waals surface area (Å²) in [4.78, 5) is 24.5. The SMILES string of the molecule is COc1cccc(CNC(=O)Cc2c(C)c3c(O)cc(O)cc3oc2=O)c1. The highest BCUT2D eigenvalue weighted by atomic mass is 16.5. The van der Waals surface area contributed by atoms with Crippen LogP contribution in [0.5, 0.6) is 17.2 Å². The van der Waals surface area contributed by atoms with Gasteiger partial charge >= 0.3 is 5.63 Å². The maximum absolute atomic E-state index is 12.3. The number of aryl methyl sites for hydroxylation is 1. The van der Waals surface area contributed by atoms with Gasteiger partial charge in [0.15, 0.2) is 0 Å². The number of hydrogen-bond donors (Lipinski definition) is 3. The van der Waals surface area contributed by atoms with Crippen molar-refractivity contribution < 1.29 is 24.2 Å². The normalized spacial score (nSPS) is 10.7. The van der Waals surface area contributed by atoms with Crippen molar-refractivity contribution in [3.63, 3.8) is 0 Å². The zero-order chi connectivity index (χ0) is 19.6. The van der Waals surface area contributed by atoms with Gasteiger partial charge in [0.25, 0.3) is 0 Å². The predicted molar refractivity (Wildman–Crippen MR) is 99.1 cm³/mol. The number of amides is 1. The molecular formula is C20H19NO6. The second kappa shape index (κ2) is 7.41. The van der Waals surface area contributed by atoms with Crippen LogP contribution in [-0.2, 0) is 17.8 Å². The molecule has 1 aromatic heterocycles. The molecular weight excluding hydrogens is 350 g/mol. The van der Waals surface area contributed by atoms with Gasteiger partial charge in [0.1, 0.15) is 22.8 Å². The van der Waals surface area contributed by atoms with Crippen molar-refractivity contribution in [3.8, 4) is 17.2 Å². The largest absolute Gasteiger partial charge is 0.508 e. The summed E-state index contributed by atoms with van der Waals surface area (Å²) in [7, 11) is 1.56. The van der Waals surface area contributed by atoms with Gasteiger partial charge in [-0.05, 0) is 30.2 Å². The lowest BCUT2D eigenvalue weighted by atomic mass is 10.0. The second-order valence-corrected chi connectivity index (χ2v) is 6.14. The van der Waals surface area contributed by atoms with E-state index in [0.29, 0.717) is 16.7 Å². The van der Waals surface area contributed by atoms with Crippen LogP contribution in [0.25, 0.3) is 11.0 Å². The van der Waals surface area contributed by atoms with Crippen LogP contribution in [0, 0.1) is 6.92 Å². The fourth-order valence-electron chi connectivity index (χ4n) is 2.92. The molecule has 140 valence electrons. The Morgan fingerprint density at radius 3 is 2.74 bits per heavy atom. The molecule has 0 saturated carbocycles. The zero-order valence-electron chi connectivity index (χ0n) is 14.9. The number of carbonyl (C=O) groups is 1. The van der Waals surface area contributed by atoms with E-state index in [1.54, 1.807) is 26.2 Å². The van der Waals surface area contributed by atoms with Gasteiger partial charge in [0.2, 0.25) is 5.91 Å². The average Bonchev–Trinajstić information content (AvgIpc) is 2.62. The Bertz CT molecular complexity index is 1070. The van der Waals surface area contributed by atoms with Crippen LogP contribution < -0.4 is 15.7 Å². The van der Waals surface area contributed by atoms with Crippen LogP contribution in [0.4, 0.5) is 0 Å². The molecule has 0 spiro atoms. The monoisotopic (exact) mass is 369 g/mol. The molecule has 0 atom stereocenters. The fraction of sp³-hybridized carbons (Fsp3) is 0.200. The first kappa shape index (κ1) is 18.3. The van der Waals surface area contributed by atoms with Gasteiger partial charge in [-0.3, -0.25) is 4.79 Å². The third kappa shape index (κ3) is 3.87. The topological polar surface area (TPSA) is 109 Å². The molecule has 3 aromatic rings. The molecule has 0 aliphatic rings. The maximum atomic E-state index is 12.3. The van der Waals surface area contributed by atoms with E-state index in [9.17, 15) is 19.8 Å². The van der Waals surface area contributed by atoms with Crippen molar-refractivity contribution in [2.45, 2.75) is 19.9 Å². The lowest BCUT2D eigenvalue weighted by molar-refractivity contribution is -0.120. The van der Waals surface area contributed by atoms with E-state index in [-0.39, 0.29) is 41.5 Å². The summed E-state index contributed by atoms with van der Waals surface area (Å²) in [5, 5.41) is 22.6. The minimum absolute atomic E-state index is 0.0653. The summed E-state index contributed by atoms with van der Waals surface area (Å²) >= 11 is 0. The third-order valence-electron chi connectivity index (χ3n) is 4.30. The fourth-order valence-corrected chi connectivity index (χ4v) is 2.92. The van der Waals surface area contributed by atoms with Gasteiger partial charge in [0.05, 0.1) is 24.5 Å². The van der Waals surface area contributed by atoms with Crippen molar-refractivity contribution in [2.75, 3.05) is 7.11 Å². The third-order valence-corrected chi connectivity index (χ3v) is 4.30. The lowest BCUT2D eigenvalue weighted by Gasteiger charge is -2.10. The first-order valence-corrected chi connectivity index (χ1v) is 8.27. The van der Waals surface area contributed by atoms with Crippen LogP contribution >= 0.6 is 0 Å². The van der Waals surface area contributed by atoms with E-state index in [2.05, 4.69) is 5.32 Å². The van der Waals surface area contributed by atoms with Crippen LogP contribution in [0.2, 0.25) is 0 Å². The highest BCUT2D eigenvalue weighted by Gasteiger charge is 2.17. The van der Waals surface area contributed by atoms with Crippen LogP contribution in [-0.4, -0.2) is 23.2 Å². The predicted octanol–water partition coefficient (Wildman–Crippen LogP) is 2.38. The maximum Gasteiger partial charge on any atom is 0.340 e. The number of phenolic OH excluding ortho intramolecular Hbond substituents is 2. The summed E-state index contributed by atoms with van der Waals surface area (Å²) in [6.07, 6.45) is -0.186. The summed E-state index contributed by atoms with van der Waals surface area (Å²) < 4.78 is 10.3. The zero-order valence-corrected chi connectivity index (χ0v) is 14.9. The Balaban J connectivity index is 1.81. The molecule has 0 saturated heterocycles. The lowest BCUT2D eigenvalue weighted by Crippen LogP contribution is -2.27. The van der Waals surface area contributed by atoms with Gasteiger partial charge < -0.3 is 24.7 Å². The molecule has 3 N–H and O–H groups in total. The number of ether oxygens (including phenoxy) is 1. The molecule has 27 heavy (non-hydrogen) atoms. The van der Waals surface area contributed by atoms with Gasteiger partial charge in [-0.15, -0.1) is 0 Å². The van der Waals surface area contributed by atoms with E-state index in [1.165, 1.54) is 6.07 Å². The first-order chi connectivity index (χ1) is 12.9. The minimum atomic E-state index is -0.679. The Morgan fingerprint density at radius 1 is 1.22 bits per heavy atom. The number of rotatable bonds is 5. The summed E-state index contributed by atoms with van der Waals surface area (Å²) in [5.41, 5.74) is 0.845. The number of benzene rings is 2. The smallest absolute Gasteiger partial charge is 0.340 e. The summed E-state index contributed by atoms with van der Waals surface area (Å²) in [6.45, 7) is 1.91. The number of carbonyl (C=O) groups excluding carboxylic acids is 1. The van der Waals surface area contributed by atoms with E-state index >= 15 is 0 Å². The molecule has 2 aromatic carbocycles. The van der Waals surface area contributed by atoms with Crippen molar-refractivity contribution in [1.29, 1.82) is 0 Å². The average molecular weight is 369 g/mol. The standard InChI is InChI=1S/C20H19NO6/c1-11-15(20(25)27-17-8-13(22)7-16(23)19(11)17)9-18(24)21-10-12-4-3-5-14(6-12)26-2/h3-8,22-23H,9-10H2,1-2H3,(H,21,24). The Labute approximate surface area is 154 Å². The summed E-state index contributed by atoms with van der Waals surface area (Å²) in [5.74, 6) is -0.104. The second-order valence-electron chi connectivity index (χ2n) is 6.14. The molecule has 0 unspecified atom stereocenters. The molecule has 1 heterocycles. The van der Waals surface area contributed by atoms with Gasteiger partial charge in [-0.25, -0.2) is 4.79 Å². The van der Waals surface area contributed by atoms with Gasteiger partial charge in [0, 0.05) is 18.7 Å². The van der Waals surface area contributed by atoms with Crippen LogP contribution in [0.3, 0.4) is 0 Å². The number of aromatic hydroxyl groups is 2. The van der Waals surface area contributed by atoms with E-state index in [0.717, 1.165) is 11.6 Å². The van der Waals surface area contributed by atoms with E-state index < -0.39 is 5.63 Å². The van der Waals surface area contributed by atoms with Crippen molar-refractivity contribution in [2.24, 2.45) is 0 Å². The molecule has 0 bridgehead atoms. The number of phenols is 2. The van der Waals surface area contributed by atoms with Crippen molar-refractivity contribution >= 4 is 16.9 Å². The molecule has 3 rings (SSSR count). The van der Waals surface area contributed by atoms with Crippen molar-refractivity contribution in [1.82, 2.24) is 5.32 Å².